The van der Waals surface area contributed by atoms with Gasteiger partial charge in [-0.15, -0.1) is 0 Å². The lowest BCUT2D eigenvalue weighted by Crippen LogP contribution is -2.30. The Bertz CT molecular complexity index is 150. The lowest BCUT2D eigenvalue weighted by Gasteiger charge is -2.18. The van der Waals surface area contributed by atoms with Gasteiger partial charge in [-0.25, -0.2) is 0 Å². The van der Waals surface area contributed by atoms with Gasteiger partial charge < -0.3 is 10.1 Å². The van der Waals surface area contributed by atoms with Gasteiger partial charge in [-0.3, -0.25) is 0 Å². The van der Waals surface area contributed by atoms with Crippen LogP contribution in [0.5, 0.6) is 0 Å². The van der Waals surface area contributed by atoms with E-state index in [-0.39, 0.29) is 12.7 Å². The number of alkyl halides is 3. The molecule has 0 aromatic heterocycles. The van der Waals surface area contributed by atoms with Crippen LogP contribution in [0, 0.1) is 0 Å². The fourth-order valence-corrected chi connectivity index (χ4v) is 1.21. The van der Waals surface area contributed by atoms with Crippen molar-refractivity contribution in [3.8, 4) is 0 Å². The molecule has 0 aromatic carbocycles. The van der Waals surface area contributed by atoms with Gasteiger partial charge in [-0.05, 0) is 13.0 Å². The molecule has 1 atom stereocenters. The second kappa shape index (κ2) is 7.93. The highest BCUT2D eigenvalue weighted by Crippen LogP contribution is 2.19. The van der Waals surface area contributed by atoms with Crippen LogP contribution in [0.15, 0.2) is 0 Å². The van der Waals surface area contributed by atoms with Gasteiger partial charge in [0, 0.05) is 6.54 Å². The predicted octanol–water partition coefficient (Wildman–Crippen LogP) is 2.73. The van der Waals surface area contributed by atoms with Crippen LogP contribution < -0.4 is 5.32 Å². The van der Waals surface area contributed by atoms with Crippen molar-refractivity contribution in [2.45, 2.75) is 45.4 Å². The molecule has 0 saturated heterocycles. The molecule has 0 rings (SSSR count). The number of rotatable bonds is 8. The molecular formula is C10H20F3NO. The first-order valence-electron chi connectivity index (χ1n) is 5.38. The number of hydrogen-bond donors (Lipinski definition) is 1. The summed E-state index contributed by atoms with van der Waals surface area (Å²) in [6, 6.07) is 0. The normalized spacial score (nSPS) is 14.2. The average Bonchev–Trinajstić information content (AvgIpc) is 2.12. The number of ether oxygens (including phenoxy) is 1. The van der Waals surface area contributed by atoms with Crippen LogP contribution in [0.4, 0.5) is 13.2 Å². The van der Waals surface area contributed by atoms with Gasteiger partial charge in [0.2, 0.25) is 0 Å². The Morgan fingerprint density at radius 3 is 2.40 bits per heavy atom. The first-order valence-corrected chi connectivity index (χ1v) is 5.38. The fourth-order valence-electron chi connectivity index (χ4n) is 1.21. The largest absolute Gasteiger partial charge is 0.391 e. The zero-order valence-corrected chi connectivity index (χ0v) is 9.36. The Balaban J connectivity index is 3.65. The van der Waals surface area contributed by atoms with E-state index >= 15 is 0 Å². The van der Waals surface area contributed by atoms with Crippen LogP contribution >= 0.6 is 0 Å². The van der Waals surface area contributed by atoms with Gasteiger partial charge in [0.05, 0.1) is 19.1 Å². The van der Waals surface area contributed by atoms with Crippen molar-refractivity contribution >= 4 is 0 Å². The third-order valence-corrected chi connectivity index (χ3v) is 1.97. The minimum atomic E-state index is -4.12. The summed E-state index contributed by atoms with van der Waals surface area (Å²) in [6.45, 7) is 5.15. The maximum absolute atomic E-state index is 11.8. The summed E-state index contributed by atoms with van der Waals surface area (Å²) in [6.07, 6.45) is -3.36. The predicted molar refractivity (Wildman–Crippen MR) is 53.9 cm³/mol. The lowest BCUT2D eigenvalue weighted by atomic mass is 10.2. The standard InChI is InChI=1S/C10H20F3NO/c1-3-5-9(8-14-4-2)15-7-6-10(11,12)13/h9,14H,3-8H2,1-2H3. The molecule has 92 valence electrons. The summed E-state index contributed by atoms with van der Waals surface area (Å²) in [5.74, 6) is 0. The molecule has 1 unspecified atom stereocenters. The Hall–Kier alpha value is -0.290. The van der Waals surface area contributed by atoms with E-state index in [0.29, 0.717) is 6.54 Å². The monoisotopic (exact) mass is 227 g/mol. The van der Waals surface area contributed by atoms with Crippen LogP contribution in [0.2, 0.25) is 0 Å². The first-order chi connectivity index (χ1) is 6.99. The molecule has 2 nitrogen and oxygen atoms in total. The van der Waals surface area contributed by atoms with Gasteiger partial charge in [-0.2, -0.15) is 13.2 Å². The van der Waals surface area contributed by atoms with Gasteiger partial charge >= 0.3 is 6.18 Å². The van der Waals surface area contributed by atoms with E-state index in [2.05, 4.69) is 5.32 Å². The lowest BCUT2D eigenvalue weighted by molar-refractivity contribution is -0.149. The molecule has 0 radical (unpaired) electrons. The summed E-state index contributed by atoms with van der Waals surface area (Å²) >= 11 is 0. The maximum Gasteiger partial charge on any atom is 0.391 e. The Kier molecular flexibility index (Phi) is 7.78. The second-order valence-electron chi connectivity index (χ2n) is 3.45. The number of hydrogen-bond acceptors (Lipinski definition) is 2. The zero-order chi connectivity index (χ0) is 11.7. The van der Waals surface area contributed by atoms with Crippen molar-refractivity contribution in [1.82, 2.24) is 5.32 Å². The highest BCUT2D eigenvalue weighted by molar-refractivity contribution is 4.61. The quantitative estimate of drug-likeness (QED) is 0.688. The van der Waals surface area contributed by atoms with E-state index in [1.165, 1.54) is 0 Å². The Morgan fingerprint density at radius 1 is 1.27 bits per heavy atom. The summed E-state index contributed by atoms with van der Waals surface area (Å²) in [7, 11) is 0. The average molecular weight is 227 g/mol. The fraction of sp³-hybridized carbons (Fsp3) is 1.00. The molecule has 0 spiro atoms. The van der Waals surface area contributed by atoms with E-state index in [0.717, 1.165) is 19.4 Å². The van der Waals surface area contributed by atoms with E-state index in [1.54, 1.807) is 0 Å². The molecule has 5 heteroatoms. The molecule has 1 N–H and O–H groups in total. The Labute approximate surface area is 89.2 Å². The van der Waals surface area contributed by atoms with Crippen molar-refractivity contribution in [1.29, 1.82) is 0 Å². The first kappa shape index (κ1) is 14.7. The minimum absolute atomic E-state index is 0.0997. The van der Waals surface area contributed by atoms with Gasteiger partial charge in [-0.1, -0.05) is 20.3 Å². The molecule has 0 aromatic rings. The van der Waals surface area contributed by atoms with Crippen molar-refractivity contribution in [2.24, 2.45) is 0 Å². The van der Waals surface area contributed by atoms with Crippen LogP contribution in [0.1, 0.15) is 33.1 Å². The van der Waals surface area contributed by atoms with E-state index in [4.69, 9.17) is 4.74 Å². The van der Waals surface area contributed by atoms with E-state index < -0.39 is 12.6 Å². The van der Waals surface area contributed by atoms with Crippen molar-refractivity contribution in [3.63, 3.8) is 0 Å². The Morgan fingerprint density at radius 2 is 1.93 bits per heavy atom. The van der Waals surface area contributed by atoms with Crippen LogP contribution in [-0.4, -0.2) is 32.0 Å². The van der Waals surface area contributed by atoms with Gasteiger partial charge in [0.1, 0.15) is 0 Å². The maximum atomic E-state index is 11.8. The second-order valence-corrected chi connectivity index (χ2v) is 3.45. The summed E-state index contributed by atoms with van der Waals surface area (Å²) in [5.41, 5.74) is 0. The molecule has 0 aliphatic carbocycles. The van der Waals surface area contributed by atoms with E-state index in [1.807, 2.05) is 13.8 Å². The van der Waals surface area contributed by atoms with Crippen molar-refractivity contribution < 1.29 is 17.9 Å². The van der Waals surface area contributed by atoms with Crippen LogP contribution in [0.3, 0.4) is 0 Å². The number of nitrogens with one attached hydrogen (secondary N) is 1. The molecular weight excluding hydrogens is 207 g/mol. The molecule has 0 heterocycles. The molecule has 0 fully saturated rings. The van der Waals surface area contributed by atoms with Crippen LogP contribution in [0.25, 0.3) is 0 Å². The van der Waals surface area contributed by atoms with E-state index in [9.17, 15) is 13.2 Å². The highest BCUT2D eigenvalue weighted by atomic mass is 19.4. The zero-order valence-electron chi connectivity index (χ0n) is 9.36. The molecule has 0 bridgehead atoms. The van der Waals surface area contributed by atoms with Gasteiger partial charge in [0.15, 0.2) is 0 Å². The number of halogens is 3. The molecule has 15 heavy (non-hydrogen) atoms. The topological polar surface area (TPSA) is 21.3 Å². The minimum Gasteiger partial charge on any atom is -0.377 e. The molecule has 0 amide bonds. The third kappa shape index (κ3) is 10.0. The van der Waals surface area contributed by atoms with Gasteiger partial charge in [0.25, 0.3) is 0 Å². The summed E-state index contributed by atoms with van der Waals surface area (Å²) < 4.78 is 40.7. The summed E-state index contributed by atoms with van der Waals surface area (Å²) in [4.78, 5) is 0. The molecule has 0 aliphatic heterocycles. The third-order valence-electron chi connectivity index (χ3n) is 1.97. The van der Waals surface area contributed by atoms with Crippen LogP contribution in [-0.2, 0) is 4.74 Å². The van der Waals surface area contributed by atoms with Crippen molar-refractivity contribution in [3.05, 3.63) is 0 Å². The molecule has 0 saturated carbocycles. The van der Waals surface area contributed by atoms with Crippen molar-refractivity contribution in [2.75, 3.05) is 19.7 Å². The highest BCUT2D eigenvalue weighted by Gasteiger charge is 2.27. The summed E-state index contributed by atoms with van der Waals surface area (Å²) in [5, 5.41) is 3.07. The smallest absolute Gasteiger partial charge is 0.377 e. The SMILES string of the molecule is CCCC(CNCC)OCCC(F)(F)F. The molecule has 0 aliphatic rings. The number of likely N-dealkylation sites (N-methyl/N-ethyl adjacent to an activating group) is 1.